The number of H-pyrrole nitrogens is 1. The number of hydrogen-bond donors (Lipinski definition) is 4. The molecule has 0 bridgehead atoms. The van der Waals surface area contributed by atoms with Crippen LogP contribution in [0, 0.1) is 0 Å². The van der Waals surface area contributed by atoms with Crippen LogP contribution < -0.4 is 16.8 Å². The predicted octanol–water partition coefficient (Wildman–Crippen LogP) is 4.09. The number of benzene rings is 2. The monoisotopic (exact) mass is 486 g/mol. The Balaban J connectivity index is 1.62. The lowest BCUT2D eigenvalue weighted by molar-refractivity contribution is 1.12. The van der Waals surface area contributed by atoms with E-state index in [9.17, 15) is 0 Å². The third kappa shape index (κ3) is 3.00. The average molecular weight is 486 g/mol. The summed E-state index contributed by atoms with van der Waals surface area (Å²) in [6.45, 7) is 0. The molecular formula is C19H15IN6S. The molecule has 8 heteroatoms. The number of aliphatic imine (C=N–C) groups is 1. The Bertz CT molecular complexity index is 1250. The van der Waals surface area contributed by atoms with Gasteiger partial charge in [0, 0.05) is 30.2 Å². The molecule has 1 aliphatic heterocycles. The Morgan fingerprint density at radius 1 is 1.07 bits per heavy atom. The third-order valence-electron chi connectivity index (χ3n) is 4.28. The normalized spacial score (nSPS) is 14.4. The van der Waals surface area contributed by atoms with Gasteiger partial charge in [-0.3, -0.25) is 5.10 Å². The Morgan fingerprint density at radius 2 is 1.96 bits per heavy atom. The lowest BCUT2D eigenvalue weighted by atomic mass is 10.1. The molecule has 0 saturated heterocycles. The molecule has 0 atom stereocenters. The van der Waals surface area contributed by atoms with Crippen molar-refractivity contribution in [2.24, 2.45) is 16.5 Å². The van der Waals surface area contributed by atoms with Crippen LogP contribution >= 0.6 is 32.1 Å². The van der Waals surface area contributed by atoms with E-state index >= 15 is 0 Å². The number of hydrogen-bond acceptors (Lipinski definition) is 6. The van der Waals surface area contributed by atoms with Gasteiger partial charge in [-0.25, -0.2) is 4.99 Å². The van der Waals surface area contributed by atoms with Gasteiger partial charge in [-0.1, -0.05) is 18.2 Å². The van der Waals surface area contributed by atoms with Crippen molar-refractivity contribution >= 4 is 66.6 Å². The summed E-state index contributed by atoms with van der Waals surface area (Å²) in [4.78, 5) is 5.60. The van der Waals surface area contributed by atoms with E-state index in [0.717, 1.165) is 26.0 Å². The van der Waals surface area contributed by atoms with Crippen LogP contribution in [0.15, 0.2) is 65.2 Å². The number of aromatic nitrogens is 2. The summed E-state index contributed by atoms with van der Waals surface area (Å²) in [6, 6.07) is 14.8. The molecule has 1 aliphatic rings. The fraction of sp³-hybridized carbons (Fsp3) is 0. The molecule has 6 N–H and O–H groups in total. The van der Waals surface area contributed by atoms with Gasteiger partial charge in [0.05, 0.1) is 17.4 Å². The molecule has 3 heterocycles. The molecule has 0 fully saturated rings. The van der Waals surface area contributed by atoms with Crippen molar-refractivity contribution in [1.29, 1.82) is 0 Å². The lowest BCUT2D eigenvalue weighted by Crippen LogP contribution is -2.16. The molecule has 0 aliphatic carbocycles. The van der Waals surface area contributed by atoms with Crippen LogP contribution in [0.4, 0.5) is 5.69 Å². The first-order chi connectivity index (χ1) is 13.2. The molecule has 0 saturated carbocycles. The zero-order valence-corrected chi connectivity index (χ0v) is 17.0. The van der Waals surface area contributed by atoms with Crippen LogP contribution in [0.25, 0.3) is 31.4 Å². The van der Waals surface area contributed by atoms with Crippen molar-refractivity contribution in [1.82, 2.24) is 10.2 Å². The average Bonchev–Trinajstić information content (AvgIpc) is 3.30. The van der Waals surface area contributed by atoms with Gasteiger partial charge in [0.15, 0.2) is 3.84 Å². The van der Waals surface area contributed by atoms with E-state index in [2.05, 4.69) is 63.0 Å². The number of fused-ring (bicyclic) bond motifs is 2. The molecule has 27 heavy (non-hydrogen) atoms. The van der Waals surface area contributed by atoms with Crippen LogP contribution in [0.1, 0.15) is 0 Å². The maximum atomic E-state index is 5.86. The molecule has 5 rings (SSSR count). The van der Waals surface area contributed by atoms with Gasteiger partial charge in [0.25, 0.3) is 0 Å². The summed E-state index contributed by atoms with van der Waals surface area (Å²) in [5, 5.41) is 13.1. The number of nitrogens with two attached hydrogens (primary N) is 2. The van der Waals surface area contributed by atoms with E-state index in [1.807, 2.05) is 10.2 Å². The zero-order chi connectivity index (χ0) is 18.4. The molecule has 2 aromatic heterocycles. The number of rotatable bonds is 2. The minimum Gasteiger partial charge on any atom is -0.395 e. The highest BCUT2D eigenvalue weighted by molar-refractivity contribution is 14.2. The van der Waals surface area contributed by atoms with Crippen molar-refractivity contribution in [2.45, 2.75) is 0 Å². The van der Waals surface area contributed by atoms with Crippen LogP contribution in [-0.4, -0.2) is 18.1 Å². The number of allylic oxidation sites excluding steroid dienone is 1. The molecule has 0 unspecified atom stereocenters. The Morgan fingerprint density at radius 3 is 2.81 bits per heavy atom. The quantitative estimate of drug-likeness (QED) is 0.253. The summed E-state index contributed by atoms with van der Waals surface area (Å²) in [6.07, 6.45) is 1.84. The summed E-state index contributed by atoms with van der Waals surface area (Å²) in [5.74, 6) is 0.373. The number of halogens is 1. The molecule has 0 spiro atoms. The molecule has 0 radical (unpaired) electrons. The number of anilines is 1. The van der Waals surface area contributed by atoms with E-state index < -0.39 is 20.7 Å². The standard InChI is InChI=1S/C19H15IN6S/c21-14-8-20-19(25-18(14)22)24-12-5-11-9-23-26-17(11)13(7-12)16-6-10-3-1-2-4-15(10)27-16/h1-9H,21H2,(H,23,26)(H3,22,24,25). The fourth-order valence-electron chi connectivity index (χ4n) is 2.97. The van der Waals surface area contributed by atoms with Crippen LogP contribution in [0.2, 0.25) is 0 Å². The molecule has 2 aromatic carbocycles. The molecule has 134 valence electrons. The fourth-order valence-corrected chi connectivity index (χ4v) is 5.87. The highest BCUT2D eigenvalue weighted by Crippen LogP contribution is 2.38. The smallest absolute Gasteiger partial charge is 0.165 e. The first kappa shape index (κ1) is 16.5. The first-order valence-corrected chi connectivity index (χ1v) is 11.3. The highest BCUT2D eigenvalue weighted by Gasteiger charge is 2.13. The topological polar surface area (TPSA) is 105 Å². The molecular weight excluding hydrogens is 471 g/mol. The Kier molecular flexibility index (Phi) is 3.94. The van der Waals surface area contributed by atoms with Gasteiger partial charge in [-0.2, -0.15) is 5.10 Å². The minimum atomic E-state index is -0.429. The van der Waals surface area contributed by atoms with Gasteiger partial charge in [0.1, 0.15) is 5.82 Å². The number of nitrogens with zero attached hydrogens (tertiary/aromatic N) is 2. The highest BCUT2D eigenvalue weighted by atomic mass is 127. The van der Waals surface area contributed by atoms with Gasteiger partial charge in [0.2, 0.25) is 0 Å². The van der Waals surface area contributed by atoms with E-state index in [1.165, 1.54) is 15.0 Å². The number of nitrogens with one attached hydrogen (secondary N) is 2. The second-order valence-corrected chi connectivity index (χ2v) is 9.44. The summed E-state index contributed by atoms with van der Waals surface area (Å²) < 4.78 is 4.13. The third-order valence-corrected chi connectivity index (χ3v) is 7.51. The minimum absolute atomic E-state index is 0.373. The van der Waals surface area contributed by atoms with E-state index in [-0.39, 0.29) is 0 Å². The Hall–Kier alpha value is -2.72. The van der Waals surface area contributed by atoms with E-state index in [4.69, 9.17) is 11.5 Å². The largest absolute Gasteiger partial charge is 0.395 e. The van der Waals surface area contributed by atoms with Crippen molar-refractivity contribution in [3.8, 4) is 10.4 Å². The number of thiophene rings is 1. The van der Waals surface area contributed by atoms with Crippen molar-refractivity contribution in [3.63, 3.8) is 0 Å². The summed E-state index contributed by atoms with van der Waals surface area (Å²) in [7, 11) is 0. The summed E-state index contributed by atoms with van der Waals surface area (Å²) in [5.41, 5.74) is 15.4. The van der Waals surface area contributed by atoms with Gasteiger partial charge in [-0.15, -0.1) is 11.3 Å². The lowest BCUT2D eigenvalue weighted by Gasteiger charge is -2.11. The summed E-state index contributed by atoms with van der Waals surface area (Å²) >= 11 is 1.35. The maximum Gasteiger partial charge on any atom is 0.165 e. The number of aromatic amines is 1. The van der Waals surface area contributed by atoms with E-state index in [0.29, 0.717) is 11.5 Å². The van der Waals surface area contributed by atoms with Crippen LogP contribution in [-0.2, 0) is 0 Å². The van der Waals surface area contributed by atoms with Gasteiger partial charge in [-0.05, 0) is 50.4 Å². The zero-order valence-electron chi connectivity index (χ0n) is 14.0. The second kappa shape index (κ2) is 6.46. The number of amidine groups is 1. The molecule has 6 nitrogen and oxygen atoms in total. The van der Waals surface area contributed by atoms with Crippen molar-refractivity contribution < 1.29 is 0 Å². The van der Waals surface area contributed by atoms with Gasteiger partial charge < -0.3 is 16.8 Å². The van der Waals surface area contributed by atoms with Crippen molar-refractivity contribution in [3.05, 3.63) is 60.2 Å². The molecule has 0 amide bonds. The predicted molar refractivity (Wildman–Crippen MR) is 123 cm³/mol. The molecule has 4 aromatic rings. The SMILES string of the molecule is NC1=C(N)N=C(Nc2cc(-c3cc4ccccc4s3)c3[nH]ncc3c2)I=C1. The van der Waals surface area contributed by atoms with Crippen molar-refractivity contribution in [2.75, 3.05) is 5.32 Å². The van der Waals surface area contributed by atoms with Gasteiger partial charge >= 0.3 is 0 Å². The maximum absolute atomic E-state index is 5.86. The van der Waals surface area contributed by atoms with Crippen LogP contribution in [0.3, 0.4) is 0 Å². The van der Waals surface area contributed by atoms with Crippen LogP contribution in [0.5, 0.6) is 0 Å². The Labute approximate surface area is 168 Å². The first-order valence-electron chi connectivity index (χ1n) is 8.21. The second-order valence-electron chi connectivity index (χ2n) is 6.09. The van der Waals surface area contributed by atoms with E-state index in [1.54, 1.807) is 11.3 Å².